The van der Waals surface area contributed by atoms with E-state index in [1.807, 2.05) is 6.92 Å². The predicted molar refractivity (Wildman–Crippen MR) is 143 cm³/mol. The minimum Gasteiger partial charge on any atom is -0.383 e. The first-order chi connectivity index (χ1) is 18.3. The molecule has 2 heterocycles. The molecule has 0 radical (unpaired) electrons. The van der Waals surface area contributed by atoms with Gasteiger partial charge >= 0.3 is 0 Å². The molecule has 2 aromatic heterocycles. The molecular weight excluding hydrogens is 487 g/mol. The molecule has 10 nitrogen and oxygen atoms in total. The van der Waals surface area contributed by atoms with Crippen LogP contribution in [0.2, 0.25) is 0 Å². The summed E-state index contributed by atoms with van der Waals surface area (Å²) in [5.74, 6) is 0.00518. The van der Waals surface area contributed by atoms with Gasteiger partial charge in [0.05, 0.1) is 22.8 Å². The Balaban J connectivity index is 1.54. The molecule has 1 fully saturated rings. The molecule has 194 valence electrons. The molecule has 5 rings (SSSR count). The summed E-state index contributed by atoms with van der Waals surface area (Å²) >= 11 is 0. The van der Waals surface area contributed by atoms with Gasteiger partial charge in [0.1, 0.15) is 35.0 Å². The van der Waals surface area contributed by atoms with Crippen LogP contribution >= 0.6 is 0 Å². The first-order valence-corrected chi connectivity index (χ1v) is 12.3. The number of hydrogen-bond acceptors (Lipinski definition) is 8. The van der Waals surface area contributed by atoms with Gasteiger partial charge in [-0.05, 0) is 50.5 Å². The second-order valence-corrected chi connectivity index (χ2v) is 9.24. The van der Waals surface area contributed by atoms with Crippen molar-refractivity contribution in [1.82, 2.24) is 24.8 Å². The molecular formula is C27H27FN8O2. The van der Waals surface area contributed by atoms with Gasteiger partial charge in [0.15, 0.2) is 0 Å². The van der Waals surface area contributed by atoms with Gasteiger partial charge in [0, 0.05) is 24.2 Å². The second-order valence-electron chi connectivity index (χ2n) is 9.24. The molecule has 1 saturated carbocycles. The fourth-order valence-electron chi connectivity index (χ4n) is 4.62. The van der Waals surface area contributed by atoms with Gasteiger partial charge in [-0.2, -0.15) is 0 Å². The number of amides is 1. The maximum absolute atomic E-state index is 14.6. The summed E-state index contributed by atoms with van der Waals surface area (Å²) in [6.45, 7) is 1.83. The number of nitrogens with two attached hydrogens (primary N) is 1. The number of benzene rings is 2. The highest BCUT2D eigenvalue weighted by molar-refractivity contribution is 6.16. The minimum absolute atomic E-state index is 0.0238. The first-order valence-electron chi connectivity index (χ1n) is 12.3. The van der Waals surface area contributed by atoms with Crippen molar-refractivity contribution in [3.05, 3.63) is 87.5 Å². The summed E-state index contributed by atoms with van der Waals surface area (Å²) in [7, 11) is 1.55. The lowest BCUT2D eigenvalue weighted by atomic mass is 9.92. The van der Waals surface area contributed by atoms with Crippen molar-refractivity contribution < 1.29 is 9.18 Å². The average molecular weight is 515 g/mol. The Bertz CT molecular complexity index is 1610. The van der Waals surface area contributed by atoms with Gasteiger partial charge < -0.3 is 16.4 Å². The lowest BCUT2D eigenvalue weighted by molar-refractivity contribution is 0.0963. The Morgan fingerprint density at radius 3 is 2.53 bits per heavy atom. The summed E-state index contributed by atoms with van der Waals surface area (Å²) in [6.07, 6.45) is 3.89. The van der Waals surface area contributed by atoms with Crippen LogP contribution in [0.3, 0.4) is 0 Å². The molecule has 1 aliphatic rings. The summed E-state index contributed by atoms with van der Waals surface area (Å²) in [6, 6.07) is 10.4. The summed E-state index contributed by atoms with van der Waals surface area (Å²) in [5.41, 5.74) is 7.37. The molecule has 1 unspecified atom stereocenters. The normalized spacial score (nSPS) is 14.1. The summed E-state index contributed by atoms with van der Waals surface area (Å²) in [4.78, 5) is 38.4. The van der Waals surface area contributed by atoms with Crippen LogP contribution in [0.15, 0.2) is 53.6 Å². The van der Waals surface area contributed by atoms with E-state index in [2.05, 4.69) is 25.6 Å². The Kier molecular flexibility index (Phi) is 6.58. The van der Waals surface area contributed by atoms with Crippen LogP contribution in [0.5, 0.6) is 0 Å². The Morgan fingerprint density at radius 2 is 1.87 bits per heavy atom. The number of carbonyl (C=O) groups excluding carboxylic acids is 1. The zero-order chi connectivity index (χ0) is 27.0. The lowest BCUT2D eigenvalue weighted by Crippen LogP contribution is -2.35. The molecule has 1 amide bonds. The van der Waals surface area contributed by atoms with E-state index in [1.54, 1.807) is 41.9 Å². The fraction of sp³-hybridized carbons (Fsp3) is 0.259. The van der Waals surface area contributed by atoms with Crippen LogP contribution in [-0.2, 0) is 0 Å². The Hall–Kier alpha value is -4.67. The Labute approximate surface area is 217 Å². The van der Waals surface area contributed by atoms with E-state index in [0.29, 0.717) is 22.8 Å². The number of anilines is 2. The third-order valence-electron chi connectivity index (χ3n) is 6.88. The monoisotopic (exact) mass is 514 g/mol. The van der Waals surface area contributed by atoms with Crippen molar-refractivity contribution in [2.75, 3.05) is 18.1 Å². The number of rotatable bonds is 7. The average Bonchev–Trinajstić information content (AvgIpc) is 2.88. The molecule has 1 atom stereocenters. The van der Waals surface area contributed by atoms with E-state index < -0.39 is 17.4 Å². The summed E-state index contributed by atoms with van der Waals surface area (Å²) in [5, 5.41) is 14.6. The zero-order valence-electron chi connectivity index (χ0n) is 21.0. The molecule has 0 bridgehead atoms. The van der Waals surface area contributed by atoms with Gasteiger partial charge in [-0.3, -0.25) is 19.6 Å². The smallest absolute Gasteiger partial charge is 0.264 e. The number of aromatic nitrogens is 4. The number of fused-ring (bicyclic) bond motifs is 1. The Morgan fingerprint density at radius 1 is 1.16 bits per heavy atom. The highest BCUT2D eigenvalue weighted by atomic mass is 19.1. The fourth-order valence-corrected chi connectivity index (χ4v) is 4.62. The van der Waals surface area contributed by atoms with Crippen molar-refractivity contribution in [2.24, 2.45) is 0 Å². The largest absolute Gasteiger partial charge is 0.383 e. The van der Waals surface area contributed by atoms with Crippen LogP contribution in [-0.4, -0.2) is 38.2 Å². The number of nitrogens with one attached hydrogen (secondary N) is 3. The third-order valence-corrected chi connectivity index (χ3v) is 6.88. The molecule has 1 aliphatic carbocycles. The van der Waals surface area contributed by atoms with Crippen molar-refractivity contribution in [1.29, 1.82) is 5.41 Å². The maximum Gasteiger partial charge on any atom is 0.264 e. The van der Waals surface area contributed by atoms with Crippen LogP contribution in [0, 0.1) is 11.2 Å². The maximum atomic E-state index is 14.6. The SMILES string of the molecule is CNC(=O)c1ccc(C(=N)c2c(N)ncnc2NC(C)c2nc3cccc(F)c3c(=O)n2C2CCC2)cc1. The van der Waals surface area contributed by atoms with E-state index in [-0.39, 0.29) is 39.9 Å². The van der Waals surface area contributed by atoms with Gasteiger partial charge in [0.25, 0.3) is 11.5 Å². The van der Waals surface area contributed by atoms with E-state index in [9.17, 15) is 14.0 Å². The van der Waals surface area contributed by atoms with Crippen molar-refractivity contribution in [3.63, 3.8) is 0 Å². The van der Waals surface area contributed by atoms with Crippen LogP contribution in [0.25, 0.3) is 10.9 Å². The van der Waals surface area contributed by atoms with Gasteiger partial charge in [0.2, 0.25) is 0 Å². The second kappa shape index (κ2) is 10.0. The molecule has 4 aromatic rings. The number of carbonyl (C=O) groups is 1. The van der Waals surface area contributed by atoms with Gasteiger partial charge in [-0.1, -0.05) is 18.2 Å². The molecule has 38 heavy (non-hydrogen) atoms. The predicted octanol–water partition coefficient (Wildman–Crippen LogP) is 3.58. The van der Waals surface area contributed by atoms with Gasteiger partial charge in [-0.15, -0.1) is 0 Å². The highest BCUT2D eigenvalue weighted by Gasteiger charge is 2.28. The van der Waals surface area contributed by atoms with Gasteiger partial charge in [-0.25, -0.2) is 19.3 Å². The lowest BCUT2D eigenvalue weighted by Gasteiger charge is -2.31. The van der Waals surface area contributed by atoms with Crippen LogP contribution in [0.1, 0.15) is 65.6 Å². The van der Waals surface area contributed by atoms with E-state index in [1.165, 1.54) is 18.5 Å². The number of halogens is 1. The van der Waals surface area contributed by atoms with E-state index in [4.69, 9.17) is 11.1 Å². The number of nitrogen functional groups attached to an aromatic ring is 1. The molecule has 2 aromatic carbocycles. The van der Waals surface area contributed by atoms with Crippen LogP contribution < -0.4 is 21.9 Å². The van der Waals surface area contributed by atoms with Crippen molar-refractivity contribution >= 4 is 34.2 Å². The standard InChI is InChI=1S/C27H27FN8O2/c1-14(25-35-19-8-4-7-18(28)20(19)27(38)36(25)17-5-3-6-17)34-24-21(23(30)32-13-33-24)22(29)15-9-11-16(12-10-15)26(37)31-2/h4,7-14,17,29H,3,5-6H2,1-2H3,(H,31,37)(H3,30,32,33,34). The van der Waals surface area contributed by atoms with Crippen molar-refractivity contribution in [3.8, 4) is 0 Å². The number of nitrogens with zero attached hydrogens (tertiary/aromatic N) is 4. The molecule has 0 saturated heterocycles. The summed E-state index contributed by atoms with van der Waals surface area (Å²) < 4.78 is 16.2. The minimum atomic E-state index is -0.595. The van der Waals surface area contributed by atoms with E-state index >= 15 is 0 Å². The molecule has 11 heteroatoms. The number of hydrogen-bond donors (Lipinski definition) is 4. The highest BCUT2D eigenvalue weighted by Crippen LogP contribution is 2.34. The third kappa shape index (κ3) is 4.36. The van der Waals surface area contributed by atoms with Crippen molar-refractivity contribution in [2.45, 2.75) is 38.3 Å². The quantitative estimate of drug-likeness (QED) is 0.275. The van der Waals surface area contributed by atoms with E-state index in [0.717, 1.165) is 19.3 Å². The zero-order valence-corrected chi connectivity index (χ0v) is 21.0. The van der Waals surface area contributed by atoms with Crippen LogP contribution in [0.4, 0.5) is 16.0 Å². The molecule has 5 N–H and O–H groups in total. The topological polar surface area (TPSA) is 152 Å². The molecule has 0 spiro atoms. The molecule has 0 aliphatic heterocycles. The first kappa shape index (κ1) is 25.0.